The molecule has 0 saturated carbocycles. The maximum atomic E-state index is 6.17. The second-order valence-electron chi connectivity index (χ2n) is 4.68. The van der Waals surface area contributed by atoms with Gasteiger partial charge >= 0.3 is 0 Å². The summed E-state index contributed by atoms with van der Waals surface area (Å²) >= 11 is 12.1. The first-order valence-corrected chi connectivity index (χ1v) is 6.86. The summed E-state index contributed by atoms with van der Waals surface area (Å²) in [6, 6.07) is 7.40. The Balaban J connectivity index is 2.21. The lowest BCUT2D eigenvalue weighted by Gasteiger charge is -2.07. The molecule has 0 spiro atoms. The van der Waals surface area contributed by atoms with Crippen LogP contribution >= 0.6 is 23.2 Å². The maximum absolute atomic E-state index is 6.17. The van der Waals surface area contributed by atoms with Gasteiger partial charge in [-0.1, -0.05) is 29.3 Å². The minimum atomic E-state index is 0.113. The van der Waals surface area contributed by atoms with Crippen LogP contribution in [0.4, 0.5) is 0 Å². The number of aryl methyl sites for hydroxylation is 1. The highest BCUT2D eigenvalue weighted by Crippen LogP contribution is 2.23. The van der Waals surface area contributed by atoms with E-state index in [0.717, 1.165) is 11.3 Å². The fraction of sp³-hybridized carbons (Fsp3) is 0.357. The highest BCUT2D eigenvalue weighted by Gasteiger charge is 2.09. The van der Waals surface area contributed by atoms with E-state index in [1.165, 1.54) is 0 Å². The molecule has 2 aromatic rings. The predicted molar refractivity (Wildman–Crippen MR) is 78.3 cm³/mol. The molecule has 2 rings (SSSR count). The second-order valence-corrected chi connectivity index (χ2v) is 5.53. The number of ether oxygens (including phenoxy) is 1. The first-order valence-electron chi connectivity index (χ1n) is 6.10. The van der Waals surface area contributed by atoms with Gasteiger partial charge in [-0.25, -0.2) is 0 Å². The van der Waals surface area contributed by atoms with Gasteiger partial charge in [0.15, 0.2) is 0 Å². The summed E-state index contributed by atoms with van der Waals surface area (Å²) in [5.74, 6) is 0.637. The molecule has 1 aromatic heterocycles. The number of nitrogens with zero attached hydrogens (tertiary/aromatic N) is 2. The Morgan fingerprint density at radius 3 is 2.63 bits per heavy atom. The van der Waals surface area contributed by atoms with Crippen LogP contribution in [-0.4, -0.2) is 15.9 Å². The monoisotopic (exact) mass is 298 g/mol. The Morgan fingerprint density at radius 1 is 1.26 bits per heavy atom. The lowest BCUT2D eigenvalue weighted by atomic mass is 10.2. The lowest BCUT2D eigenvalue weighted by Crippen LogP contribution is -2.08. The topological polar surface area (TPSA) is 27.1 Å². The highest BCUT2D eigenvalue weighted by atomic mass is 35.5. The molecule has 0 unspecified atom stereocenters. The van der Waals surface area contributed by atoms with Crippen LogP contribution in [0.1, 0.15) is 25.1 Å². The molecule has 19 heavy (non-hydrogen) atoms. The van der Waals surface area contributed by atoms with Crippen LogP contribution in [0.15, 0.2) is 24.3 Å². The van der Waals surface area contributed by atoms with Crippen LogP contribution in [-0.2, 0) is 6.54 Å². The molecule has 0 aliphatic heterocycles. The Hall–Kier alpha value is -1.19. The lowest BCUT2D eigenvalue weighted by molar-refractivity contribution is 0.230. The van der Waals surface area contributed by atoms with E-state index in [1.807, 2.05) is 43.7 Å². The van der Waals surface area contributed by atoms with Crippen LogP contribution in [0.2, 0.25) is 10.0 Å². The van der Waals surface area contributed by atoms with Gasteiger partial charge in [0.2, 0.25) is 5.88 Å². The largest absolute Gasteiger partial charge is 0.474 e. The molecular weight excluding hydrogens is 283 g/mol. The van der Waals surface area contributed by atoms with Gasteiger partial charge < -0.3 is 4.74 Å². The summed E-state index contributed by atoms with van der Waals surface area (Å²) < 4.78 is 7.44. The first kappa shape index (κ1) is 14.2. The molecule has 0 atom stereocenters. The first-order chi connectivity index (χ1) is 8.95. The van der Waals surface area contributed by atoms with Gasteiger partial charge in [-0.2, -0.15) is 0 Å². The predicted octanol–water partition coefficient (Wildman–Crippen LogP) is 4.33. The van der Waals surface area contributed by atoms with Crippen molar-refractivity contribution in [2.45, 2.75) is 33.4 Å². The van der Waals surface area contributed by atoms with Gasteiger partial charge in [-0.05, 0) is 38.5 Å². The summed E-state index contributed by atoms with van der Waals surface area (Å²) in [5.41, 5.74) is 2.01. The average Bonchev–Trinajstić information content (AvgIpc) is 2.62. The fourth-order valence-corrected chi connectivity index (χ4v) is 2.22. The number of hydrogen-bond acceptors (Lipinski definition) is 2. The molecule has 0 N–H and O–H groups in total. The molecule has 1 heterocycles. The van der Waals surface area contributed by atoms with Crippen molar-refractivity contribution >= 4 is 23.2 Å². The molecule has 102 valence electrons. The van der Waals surface area contributed by atoms with Crippen molar-refractivity contribution in [3.8, 4) is 5.88 Å². The van der Waals surface area contributed by atoms with Crippen molar-refractivity contribution < 1.29 is 4.74 Å². The summed E-state index contributed by atoms with van der Waals surface area (Å²) in [6.07, 6.45) is 0.113. The van der Waals surface area contributed by atoms with E-state index >= 15 is 0 Å². The summed E-state index contributed by atoms with van der Waals surface area (Å²) in [7, 11) is 0. The maximum Gasteiger partial charge on any atom is 0.233 e. The normalized spacial score (nSPS) is 11.1. The molecule has 0 aliphatic rings. The molecule has 0 saturated heterocycles. The number of rotatable bonds is 4. The van der Waals surface area contributed by atoms with Gasteiger partial charge in [0, 0.05) is 21.8 Å². The van der Waals surface area contributed by atoms with Crippen LogP contribution in [0, 0.1) is 6.92 Å². The highest BCUT2D eigenvalue weighted by molar-refractivity contribution is 6.35. The van der Waals surface area contributed by atoms with Gasteiger partial charge in [0.25, 0.3) is 0 Å². The molecule has 0 amide bonds. The zero-order chi connectivity index (χ0) is 14.0. The second kappa shape index (κ2) is 5.85. The van der Waals surface area contributed by atoms with Crippen molar-refractivity contribution in [1.29, 1.82) is 0 Å². The Labute approximate surface area is 123 Å². The van der Waals surface area contributed by atoms with Crippen molar-refractivity contribution in [2.75, 3.05) is 0 Å². The van der Waals surface area contributed by atoms with Crippen molar-refractivity contribution in [1.82, 2.24) is 9.78 Å². The molecule has 0 radical (unpaired) electrons. The van der Waals surface area contributed by atoms with Crippen molar-refractivity contribution in [2.24, 2.45) is 0 Å². The van der Waals surface area contributed by atoms with Crippen LogP contribution in [0.3, 0.4) is 0 Å². The Bertz CT molecular complexity index is 579. The number of halogens is 2. The Kier molecular flexibility index (Phi) is 4.38. The summed E-state index contributed by atoms with van der Waals surface area (Å²) in [4.78, 5) is 0. The van der Waals surface area contributed by atoms with Crippen LogP contribution in [0.25, 0.3) is 0 Å². The van der Waals surface area contributed by atoms with E-state index in [9.17, 15) is 0 Å². The molecule has 0 aliphatic carbocycles. The van der Waals surface area contributed by atoms with Gasteiger partial charge in [0.05, 0.1) is 12.6 Å². The SMILES string of the molecule is Cc1cc(OC(C)C)nn1Cc1ccc(Cl)cc1Cl. The summed E-state index contributed by atoms with van der Waals surface area (Å²) in [6.45, 7) is 6.54. The molecular formula is C14H16Cl2N2O. The van der Waals surface area contributed by atoms with E-state index in [1.54, 1.807) is 6.07 Å². The van der Waals surface area contributed by atoms with Crippen molar-refractivity contribution in [3.05, 3.63) is 45.6 Å². The number of hydrogen-bond donors (Lipinski definition) is 0. The number of aromatic nitrogens is 2. The van der Waals surface area contributed by atoms with Crippen LogP contribution < -0.4 is 4.74 Å². The average molecular weight is 299 g/mol. The van der Waals surface area contributed by atoms with Gasteiger partial charge in [0.1, 0.15) is 0 Å². The van der Waals surface area contributed by atoms with E-state index in [4.69, 9.17) is 27.9 Å². The standard InChI is InChI=1S/C14H16Cl2N2O/c1-9(2)19-14-6-10(3)18(17-14)8-11-4-5-12(15)7-13(11)16/h4-7,9H,8H2,1-3H3. The summed E-state index contributed by atoms with van der Waals surface area (Å²) in [5, 5.41) is 5.69. The van der Waals surface area contributed by atoms with Crippen molar-refractivity contribution in [3.63, 3.8) is 0 Å². The molecule has 0 fully saturated rings. The van der Waals surface area contributed by atoms with E-state index < -0.39 is 0 Å². The smallest absolute Gasteiger partial charge is 0.233 e. The van der Waals surface area contributed by atoms with E-state index in [-0.39, 0.29) is 6.10 Å². The van der Waals surface area contributed by atoms with E-state index in [2.05, 4.69) is 5.10 Å². The fourth-order valence-electron chi connectivity index (χ4n) is 1.75. The third-order valence-corrected chi connectivity index (χ3v) is 3.24. The van der Waals surface area contributed by atoms with Gasteiger partial charge in [-0.15, -0.1) is 5.10 Å². The molecule has 5 heteroatoms. The molecule has 0 bridgehead atoms. The zero-order valence-corrected chi connectivity index (χ0v) is 12.7. The third-order valence-electron chi connectivity index (χ3n) is 2.65. The number of benzene rings is 1. The minimum Gasteiger partial charge on any atom is -0.474 e. The Morgan fingerprint density at radius 2 is 2.00 bits per heavy atom. The quantitative estimate of drug-likeness (QED) is 0.840. The van der Waals surface area contributed by atoms with Crippen LogP contribution in [0.5, 0.6) is 5.88 Å². The third kappa shape index (κ3) is 3.64. The molecule has 1 aromatic carbocycles. The van der Waals surface area contributed by atoms with Gasteiger partial charge in [-0.3, -0.25) is 4.68 Å². The molecule has 3 nitrogen and oxygen atoms in total. The van der Waals surface area contributed by atoms with E-state index in [0.29, 0.717) is 22.5 Å². The zero-order valence-electron chi connectivity index (χ0n) is 11.2. The minimum absolute atomic E-state index is 0.113.